The highest BCUT2D eigenvalue weighted by atomic mass is 32.2. The average Bonchev–Trinajstić information content (AvgIpc) is 2.60. The normalized spacial score (nSPS) is 11.7. The minimum absolute atomic E-state index is 0.00254. The highest BCUT2D eigenvalue weighted by Crippen LogP contribution is 2.29. The Hall–Kier alpha value is -2.45. The number of amides is 1. The van der Waals surface area contributed by atoms with Crippen LogP contribution in [-0.2, 0) is 14.8 Å². The SMILES string of the molecule is COc1ccc(C(C)C)cc1S(=O)(=O)N(C)CC(=O)Nc1cccc(F)c1. The second-order valence-corrected chi connectivity index (χ2v) is 8.40. The summed E-state index contributed by atoms with van der Waals surface area (Å²) in [4.78, 5) is 12.2. The van der Waals surface area contributed by atoms with Crippen LogP contribution in [0.3, 0.4) is 0 Å². The molecule has 0 unspecified atom stereocenters. The fourth-order valence-corrected chi connectivity index (χ4v) is 3.79. The van der Waals surface area contributed by atoms with E-state index in [2.05, 4.69) is 5.32 Å². The van der Waals surface area contributed by atoms with Crippen LogP contribution in [0.2, 0.25) is 0 Å². The van der Waals surface area contributed by atoms with Gasteiger partial charge in [0.05, 0.1) is 13.7 Å². The van der Waals surface area contributed by atoms with Crippen LogP contribution >= 0.6 is 0 Å². The summed E-state index contributed by atoms with van der Waals surface area (Å²) in [5.74, 6) is -0.738. The lowest BCUT2D eigenvalue weighted by Crippen LogP contribution is -2.35. The van der Waals surface area contributed by atoms with Gasteiger partial charge in [0.15, 0.2) is 0 Å². The maximum Gasteiger partial charge on any atom is 0.246 e. The Balaban J connectivity index is 2.23. The maximum absolute atomic E-state index is 13.2. The fraction of sp³-hybridized carbons (Fsp3) is 0.316. The van der Waals surface area contributed by atoms with Crippen LogP contribution in [0, 0.1) is 5.82 Å². The number of likely N-dealkylation sites (N-methyl/N-ethyl adjacent to an activating group) is 1. The molecule has 0 atom stereocenters. The van der Waals surface area contributed by atoms with Crippen molar-refractivity contribution in [3.8, 4) is 5.75 Å². The van der Waals surface area contributed by atoms with E-state index in [9.17, 15) is 17.6 Å². The first-order valence-corrected chi connectivity index (χ1v) is 9.79. The van der Waals surface area contributed by atoms with Crippen LogP contribution in [0.5, 0.6) is 5.75 Å². The van der Waals surface area contributed by atoms with Crippen LogP contribution < -0.4 is 10.1 Å². The second kappa shape index (κ2) is 8.49. The molecule has 2 aromatic carbocycles. The third-order valence-corrected chi connectivity index (χ3v) is 5.84. The molecule has 0 aromatic heterocycles. The Morgan fingerprint density at radius 1 is 1.22 bits per heavy atom. The minimum atomic E-state index is -3.96. The molecule has 146 valence electrons. The number of nitrogens with zero attached hydrogens (tertiary/aromatic N) is 1. The van der Waals surface area contributed by atoms with Gasteiger partial charge in [0.2, 0.25) is 15.9 Å². The Bertz CT molecular complexity index is 929. The number of hydrogen-bond donors (Lipinski definition) is 1. The van der Waals surface area contributed by atoms with Crippen LogP contribution in [-0.4, -0.2) is 39.3 Å². The number of hydrogen-bond acceptors (Lipinski definition) is 4. The Labute approximate surface area is 159 Å². The molecule has 8 heteroatoms. The fourth-order valence-electron chi connectivity index (χ4n) is 2.48. The first-order chi connectivity index (χ1) is 12.6. The van der Waals surface area contributed by atoms with E-state index in [0.717, 1.165) is 15.9 Å². The van der Waals surface area contributed by atoms with Crippen LogP contribution in [0.4, 0.5) is 10.1 Å². The van der Waals surface area contributed by atoms with Gasteiger partial charge >= 0.3 is 0 Å². The molecule has 0 saturated carbocycles. The predicted molar refractivity (Wildman–Crippen MR) is 102 cm³/mol. The van der Waals surface area contributed by atoms with Gasteiger partial charge in [0.25, 0.3) is 0 Å². The van der Waals surface area contributed by atoms with Gasteiger partial charge in [-0.2, -0.15) is 4.31 Å². The van der Waals surface area contributed by atoms with Gasteiger partial charge in [0.1, 0.15) is 16.5 Å². The molecule has 2 rings (SSSR count). The summed E-state index contributed by atoms with van der Waals surface area (Å²) in [6, 6.07) is 10.3. The van der Waals surface area contributed by atoms with Gasteiger partial charge in [-0.1, -0.05) is 26.0 Å². The van der Waals surface area contributed by atoms with Crippen molar-refractivity contribution < 1.29 is 22.3 Å². The minimum Gasteiger partial charge on any atom is -0.495 e. The van der Waals surface area contributed by atoms with E-state index in [1.165, 1.54) is 32.4 Å². The van der Waals surface area contributed by atoms with Crippen molar-refractivity contribution in [2.24, 2.45) is 0 Å². The number of carbonyl (C=O) groups is 1. The van der Waals surface area contributed by atoms with Crippen molar-refractivity contribution in [2.75, 3.05) is 26.0 Å². The van der Waals surface area contributed by atoms with E-state index in [1.54, 1.807) is 18.2 Å². The number of nitrogens with one attached hydrogen (secondary N) is 1. The van der Waals surface area contributed by atoms with E-state index >= 15 is 0 Å². The summed E-state index contributed by atoms with van der Waals surface area (Å²) in [6.07, 6.45) is 0. The Kier molecular flexibility index (Phi) is 6.56. The zero-order chi connectivity index (χ0) is 20.2. The Morgan fingerprint density at radius 2 is 1.93 bits per heavy atom. The quantitative estimate of drug-likeness (QED) is 0.782. The smallest absolute Gasteiger partial charge is 0.246 e. The summed E-state index contributed by atoms with van der Waals surface area (Å²) in [5, 5.41) is 2.48. The van der Waals surface area contributed by atoms with E-state index in [-0.39, 0.29) is 22.3 Å². The molecule has 27 heavy (non-hydrogen) atoms. The largest absolute Gasteiger partial charge is 0.495 e. The third kappa shape index (κ3) is 5.05. The number of carbonyl (C=O) groups excluding carboxylic acids is 1. The summed E-state index contributed by atoms with van der Waals surface area (Å²) in [7, 11) is -1.26. The van der Waals surface area contributed by atoms with Gasteiger partial charge in [-0.05, 0) is 41.8 Å². The predicted octanol–water partition coefficient (Wildman–Crippen LogP) is 3.22. The molecule has 2 aromatic rings. The van der Waals surface area contributed by atoms with Crippen LogP contribution in [0.1, 0.15) is 25.3 Å². The molecular formula is C19H23FN2O4S. The molecule has 0 bridgehead atoms. The zero-order valence-corrected chi connectivity index (χ0v) is 16.5. The molecule has 0 aliphatic rings. The molecule has 6 nitrogen and oxygen atoms in total. The van der Waals surface area contributed by atoms with E-state index in [0.29, 0.717) is 0 Å². The lowest BCUT2D eigenvalue weighted by Gasteiger charge is -2.20. The van der Waals surface area contributed by atoms with Gasteiger partial charge in [0, 0.05) is 12.7 Å². The van der Waals surface area contributed by atoms with Gasteiger partial charge in [-0.25, -0.2) is 12.8 Å². The molecule has 0 saturated heterocycles. The molecule has 0 fully saturated rings. The number of sulfonamides is 1. The van der Waals surface area contributed by atoms with Crippen molar-refractivity contribution in [1.82, 2.24) is 4.31 Å². The van der Waals surface area contributed by atoms with Crippen molar-refractivity contribution in [3.05, 3.63) is 53.8 Å². The highest BCUT2D eigenvalue weighted by Gasteiger charge is 2.27. The summed E-state index contributed by atoms with van der Waals surface area (Å²) in [6.45, 7) is 3.48. The number of rotatable bonds is 7. The van der Waals surface area contributed by atoms with E-state index in [4.69, 9.17) is 4.74 Å². The molecular weight excluding hydrogens is 371 g/mol. The van der Waals surface area contributed by atoms with Gasteiger partial charge in [-0.3, -0.25) is 4.79 Å². The first-order valence-electron chi connectivity index (χ1n) is 8.35. The number of benzene rings is 2. The summed E-state index contributed by atoms with van der Waals surface area (Å²) < 4.78 is 45.2. The number of methoxy groups -OCH3 is 1. The van der Waals surface area contributed by atoms with E-state index < -0.39 is 28.3 Å². The van der Waals surface area contributed by atoms with Crippen LogP contribution in [0.25, 0.3) is 0 Å². The molecule has 0 spiro atoms. The maximum atomic E-state index is 13.2. The van der Waals surface area contributed by atoms with Gasteiger partial charge < -0.3 is 10.1 Å². The number of anilines is 1. The summed E-state index contributed by atoms with van der Waals surface area (Å²) in [5.41, 5.74) is 1.09. The van der Waals surface area contributed by atoms with Crippen molar-refractivity contribution in [1.29, 1.82) is 0 Å². The molecule has 0 radical (unpaired) electrons. The molecule has 1 amide bonds. The van der Waals surface area contributed by atoms with Crippen LogP contribution in [0.15, 0.2) is 47.4 Å². The lowest BCUT2D eigenvalue weighted by molar-refractivity contribution is -0.116. The second-order valence-electron chi connectivity index (χ2n) is 6.38. The zero-order valence-electron chi connectivity index (χ0n) is 15.7. The Morgan fingerprint density at radius 3 is 2.52 bits per heavy atom. The van der Waals surface area contributed by atoms with E-state index in [1.807, 2.05) is 13.8 Å². The average molecular weight is 394 g/mol. The molecule has 0 aliphatic carbocycles. The standard InChI is InChI=1S/C19H23FN2O4S/c1-13(2)14-8-9-17(26-4)18(10-14)27(24,25)22(3)12-19(23)21-16-7-5-6-15(20)11-16/h5-11,13H,12H2,1-4H3,(H,21,23). The monoisotopic (exact) mass is 394 g/mol. The van der Waals surface area contributed by atoms with Gasteiger partial charge in [-0.15, -0.1) is 0 Å². The highest BCUT2D eigenvalue weighted by molar-refractivity contribution is 7.89. The van der Waals surface area contributed by atoms with Crippen molar-refractivity contribution >= 4 is 21.6 Å². The topological polar surface area (TPSA) is 75.7 Å². The molecule has 0 heterocycles. The lowest BCUT2D eigenvalue weighted by atomic mass is 10.0. The molecule has 0 aliphatic heterocycles. The van der Waals surface area contributed by atoms with Crippen molar-refractivity contribution in [2.45, 2.75) is 24.7 Å². The molecule has 1 N–H and O–H groups in total. The number of ether oxygens (including phenoxy) is 1. The number of halogens is 1. The summed E-state index contributed by atoms with van der Waals surface area (Å²) >= 11 is 0. The van der Waals surface area contributed by atoms with Crippen molar-refractivity contribution in [3.63, 3.8) is 0 Å². The third-order valence-electron chi connectivity index (χ3n) is 4.02. The first kappa shape index (κ1) is 20.9.